The molecule has 0 atom stereocenters. The Morgan fingerprint density at radius 2 is 0.736 bits per heavy atom. The molecule has 8 rings (SSSR count). The quantitative estimate of drug-likeness (QED) is 0.175. The van der Waals surface area contributed by atoms with E-state index in [1.165, 1.54) is 44.0 Å². The van der Waals surface area contributed by atoms with Gasteiger partial charge in [-0.15, -0.1) is 0 Å². The van der Waals surface area contributed by atoms with Crippen molar-refractivity contribution in [3.63, 3.8) is 0 Å². The van der Waals surface area contributed by atoms with E-state index >= 15 is 0 Å². The van der Waals surface area contributed by atoms with E-state index in [1.807, 2.05) is 60.8 Å². The average Bonchev–Trinajstić information content (AvgIpc) is 3.32. The normalized spacial score (nSPS) is 10.3. The Kier molecular flexibility index (Phi) is 32.3. The Morgan fingerprint density at radius 1 is 0.333 bits per heavy atom. The van der Waals surface area contributed by atoms with E-state index in [0.717, 1.165) is 16.5 Å². The summed E-state index contributed by atoms with van der Waals surface area (Å²) >= 11 is 0. The van der Waals surface area contributed by atoms with E-state index < -0.39 is 0 Å². The molecule has 1 heterocycles. The van der Waals surface area contributed by atoms with Gasteiger partial charge in [0.15, 0.2) is 0 Å². The van der Waals surface area contributed by atoms with Crippen molar-refractivity contribution < 1.29 is 10.2 Å². The second kappa shape index (κ2) is 34.2. The van der Waals surface area contributed by atoms with E-state index in [9.17, 15) is 10.2 Å². The maximum Gasteiger partial charge on any atom is 0.119 e. The van der Waals surface area contributed by atoms with Crippen molar-refractivity contribution >= 4 is 21.5 Å². The topological polar surface area (TPSA) is 53.4 Å². The number of rotatable bonds is 6. The Bertz CT molecular complexity index is 2570. The van der Waals surface area contributed by atoms with Gasteiger partial charge in [0.2, 0.25) is 0 Å². The van der Waals surface area contributed by atoms with Gasteiger partial charge in [0.1, 0.15) is 11.5 Å². The molecule has 0 fully saturated rings. The molecule has 72 heavy (non-hydrogen) atoms. The van der Waals surface area contributed by atoms with Gasteiger partial charge >= 0.3 is 0 Å². The smallest absolute Gasteiger partial charge is 0.119 e. The zero-order valence-corrected chi connectivity index (χ0v) is 44.1. The second-order valence-corrected chi connectivity index (χ2v) is 20.4. The first kappa shape index (κ1) is 67.9. The molecular formula is C69H99NO2. The fourth-order valence-corrected chi connectivity index (χ4v) is 7.17. The van der Waals surface area contributed by atoms with Crippen LogP contribution in [0.4, 0.5) is 0 Å². The van der Waals surface area contributed by atoms with Crippen LogP contribution in [-0.2, 0) is 5.41 Å². The average molecular weight is 975 g/mol. The van der Waals surface area contributed by atoms with Gasteiger partial charge in [-0.05, 0) is 126 Å². The Labute approximate surface area is 441 Å². The minimum absolute atomic E-state index is 0. The first-order chi connectivity index (χ1) is 32.2. The fourth-order valence-electron chi connectivity index (χ4n) is 7.17. The van der Waals surface area contributed by atoms with E-state index in [2.05, 4.69) is 218 Å². The largest absolute Gasteiger partial charge is 0.508 e. The molecule has 0 saturated carbocycles. The van der Waals surface area contributed by atoms with Gasteiger partial charge in [-0.25, -0.2) is 0 Å². The van der Waals surface area contributed by atoms with E-state index in [4.69, 9.17) is 0 Å². The van der Waals surface area contributed by atoms with Crippen LogP contribution in [-0.4, -0.2) is 15.2 Å². The first-order valence-electron chi connectivity index (χ1n) is 24.7. The van der Waals surface area contributed by atoms with Crippen LogP contribution in [0.3, 0.4) is 0 Å². The van der Waals surface area contributed by atoms with Gasteiger partial charge in [-0.2, -0.15) is 0 Å². The SMILES string of the molecule is C.C.C.C.CC(C)c1cc2ccccc2cc1O.CC(C)c1ccc(C(C)(C)C)cc1.CC(C)c1ccc2ccccc2c1.CC(C)c1ccccc1.CC(C)c1ccccc1O.CC(C)c1cccnc1. The number of hydrogen-bond donors (Lipinski definition) is 2. The zero-order valence-electron chi connectivity index (χ0n) is 44.1. The standard InChI is InChI=1S/C13H14O.C13H14.C13H20.C9H12O.C9H12.C8H11N.4CH4/c1-9(2)12-7-10-5-3-4-6-11(10)8-13(12)14;1-10(2)12-8-7-11-5-3-4-6-13(11)9-12;1-10(2)11-6-8-12(9-7-11)13(3,4)5;1-7(2)8-5-3-4-6-9(8)10;1-8(2)9-6-4-3-5-7-9;1-7(2)8-4-3-5-9-6-8;;;;/h3-9,14H,1-2H3;3-10H,1-2H3;6-10H,1-5H3;3-7,10H,1-2H3;3-8H,1-2H3;3-7H,1-2H3;4*1H4. The molecule has 0 saturated heterocycles. The maximum atomic E-state index is 9.78. The lowest BCUT2D eigenvalue weighted by Gasteiger charge is -2.19. The van der Waals surface area contributed by atoms with Crippen molar-refractivity contribution in [2.75, 3.05) is 0 Å². The van der Waals surface area contributed by atoms with Crippen LogP contribution in [0.25, 0.3) is 21.5 Å². The number of pyridine rings is 1. The highest BCUT2D eigenvalue weighted by Crippen LogP contribution is 2.30. The molecule has 0 radical (unpaired) electrons. The van der Waals surface area contributed by atoms with Crippen LogP contribution in [0.5, 0.6) is 11.5 Å². The number of benzene rings is 7. The van der Waals surface area contributed by atoms with Crippen molar-refractivity contribution in [1.82, 2.24) is 4.98 Å². The summed E-state index contributed by atoms with van der Waals surface area (Å²) < 4.78 is 0. The number of aromatic hydroxyl groups is 2. The van der Waals surface area contributed by atoms with Crippen LogP contribution in [0, 0.1) is 0 Å². The van der Waals surface area contributed by atoms with Gasteiger partial charge in [0.25, 0.3) is 0 Å². The highest BCUT2D eigenvalue weighted by Gasteiger charge is 2.13. The second-order valence-electron chi connectivity index (χ2n) is 20.4. The lowest BCUT2D eigenvalue weighted by Crippen LogP contribution is -2.10. The van der Waals surface area contributed by atoms with E-state index in [0.29, 0.717) is 47.0 Å². The molecule has 8 aromatic rings. The summed E-state index contributed by atoms with van der Waals surface area (Å²) in [4.78, 5) is 4.01. The summed E-state index contributed by atoms with van der Waals surface area (Å²) in [6.07, 6.45) is 3.70. The van der Waals surface area contributed by atoms with Gasteiger partial charge in [-0.1, -0.05) is 279 Å². The van der Waals surface area contributed by atoms with E-state index in [1.54, 1.807) is 12.3 Å². The maximum absolute atomic E-state index is 9.78. The summed E-state index contributed by atoms with van der Waals surface area (Å²) in [6.45, 7) is 32.7. The molecule has 0 bridgehead atoms. The van der Waals surface area contributed by atoms with Crippen molar-refractivity contribution in [2.24, 2.45) is 0 Å². The van der Waals surface area contributed by atoms with E-state index in [-0.39, 0.29) is 35.1 Å². The van der Waals surface area contributed by atoms with Gasteiger partial charge in [0, 0.05) is 12.4 Å². The number of aromatic nitrogens is 1. The zero-order chi connectivity index (χ0) is 50.4. The van der Waals surface area contributed by atoms with Crippen molar-refractivity contribution in [1.29, 1.82) is 0 Å². The summed E-state index contributed by atoms with van der Waals surface area (Å²) in [5.74, 6) is 4.07. The lowest BCUT2D eigenvalue weighted by atomic mass is 9.86. The molecule has 2 N–H and O–H groups in total. The Hall–Kier alpha value is -6.19. The molecule has 0 aliphatic rings. The minimum Gasteiger partial charge on any atom is -0.508 e. The van der Waals surface area contributed by atoms with Gasteiger partial charge in [-0.3, -0.25) is 4.98 Å². The molecule has 1 aromatic heterocycles. The predicted molar refractivity (Wildman–Crippen MR) is 325 cm³/mol. The number of para-hydroxylation sites is 1. The number of hydrogen-bond acceptors (Lipinski definition) is 3. The number of fused-ring (bicyclic) bond motifs is 2. The molecule has 3 nitrogen and oxygen atoms in total. The number of nitrogens with zero attached hydrogens (tertiary/aromatic N) is 1. The Balaban J connectivity index is 0. The predicted octanol–water partition coefficient (Wildman–Crippen LogP) is 21.8. The molecule has 0 spiro atoms. The first-order valence-corrected chi connectivity index (χ1v) is 24.7. The molecule has 0 aliphatic heterocycles. The fraction of sp³-hybridized carbons (Fsp3) is 0.377. The van der Waals surface area contributed by atoms with Crippen molar-refractivity contribution in [3.8, 4) is 11.5 Å². The molecule has 0 aliphatic carbocycles. The van der Waals surface area contributed by atoms with Crippen LogP contribution < -0.4 is 0 Å². The molecule has 0 amide bonds. The highest BCUT2D eigenvalue weighted by atomic mass is 16.3. The van der Waals surface area contributed by atoms with Crippen LogP contribution in [0.15, 0.2) is 182 Å². The number of phenolic OH excluding ortho intramolecular Hbond substituents is 2. The summed E-state index contributed by atoms with van der Waals surface area (Å²) in [5.41, 5.74) is 9.28. The molecule has 7 aromatic carbocycles. The van der Waals surface area contributed by atoms with Crippen LogP contribution in [0.2, 0.25) is 0 Å². The van der Waals surface area contributed by atoms with Crippen molar-refractivity contribution in [2.45, 2.75) is 174 Å². The van der Waals surface area contributed by atoms with Gasteiger partial charge in [0.05, 0.1) is 0 Å². The summed E-state index contributed by atoms with van der Waals surface area (Å²) in [7, 11) is 0. The highest BCUT2D eigenvalue weighted by molar-refractivity contribution is 5.85. The summed E-state index contributed by atoms with van der Waals surface area (Å²) in [6, 6.07) is 58.2. The third kappa shape index (κ3) is 23.4. The monoisotopic (exact) mass is 974 g/mol. The Morgan fingerprint density at radius 3 is 1.14 bits per heavy atom. The third-order valence-corrected chi connectivity index (χ3v) is 11.8. The molecule has 392 valence electrons. The third-order valence-electron chi connectivity index (χ3n) is 11.8. The molecule has 3 heteroatoms. The lowest BCUT2D eigenvalue weighted by molar-refractivity contribution is 0.464. The summed E-state index contributed by atoms with van der Waals surface area (Å²) in [5, 5.41) is 24.0. The van der Waals surface area contributed by atoms with Crippen LogP contribution in [0.1, 0.15) is 208 Å². The minimum atomic E-state index is 0. The van der Waals surface area contributed by atoms with Crippen molar-refractivity contribution in [3.05, 3.63) is 221 Å². The molecular weight excluding hydrogens is 875 g/mol. The molecule has 0 unspecified atom stereocenters. The van der Waals surface area contributed by atoms with Crippen LogP contribution >= 0.6 is 0 Å². The number of phenols is 2. The van der Waals surface area contributed by atoms with Gasteiger partial charge < -0.3 is 10.2 Å².